The highest BCUT2D eigenvalue weighted by Crippen LogP contribution is 2.11. The Morgan fingerprint density at radius 1 is 1.39 bits per heavy atom. The van der Waals surface area contributed by atoms with Gasteiger partial charge >= 0.3 is 6.01 Å². The SMILES string of the molecule is CCCNc1nc(Cc2ccc(OC)nc2)no1. The van der Waals surface area contributed by atoms with E-state index >= 15 is 0 Å². The van der Waals surface area contributed by atoms with Crippen molar-refractivity contribution < 1.29 is 9.26 Å². The van der Waals surface area contributed by atoms with Gasteiger partial charge < -0.3 is 14.6 Å². The number of methoxy groups -OCH3 is 1. The lowest BCUT2D eigenvalue weighted by atomic mass is 10.2. The number of nitrogens with one attached hydrogen (secondary N) is 1. The van der Waals surface area contributed by atoms with Gasteiger partial charge in [-0.25, -0.2) is 4.98 Å². The number of nitrogens with zero attached hydrogens (tertiary/aromatic N) is 3. The van der Waals surface area contributed by atoms with Crippen molar-refractivity contribution in [2.24, 2.45) is 0 Å². The van der Waals surface area contributed by atoms with Gasteiger partial charge in [0.2, 0.25) is 5.88 Å². The van der Waals surface area contributed by atoms with Crippen LogP contribution in [0.1, 0.15) is 24.7 Å². The molecular formula is C12H16N4O2. The fraction of sp³-hybridized carbons (Fsp3) is 0.417. The molecule has 0 saturated carbocycles. The minimum Gasteiger partial charge on any atom is -0.481 e. The third kappa shape index (κ3) is 3.19. The van der Waals surface area contributed by atoms with Crippen LogP contribution in [0.3, 0.4) is 0 Å². The van der Waals surface area contributed by atoms with Gasteiger partial charge in [0, 0.05) is 25.2 Å². The first-order valence-electron chi connectivity index (χ1n) is 5.87. The molecule has 1 N–H and O–H groups in total. The smallest absolute Gasteiger partial charge is 0.321 e. The van der Waals surface area contributed by atoms with Crippen LogP contribution in [0.25, 0.3) is 0 Å². The molecule has 0 unspecified atom stereocenters. The number of rotatable bonds is 6. The second kappa shape index (κ2) is 6.00. The highest BCUT2D eigenvalue weighted by atomic mass is 16.5. The third-order valence-electron chi connectivity index (χ3n) is 2.36. The van der Waals surface area contributed by atoms with Crippen LogP contribution in [0.5, 0.6) is 5.88 Å². The molecule has 2 aromatic heterocycles. The van der Waals surface area contributed by atoms with Crippen LogP contribution in [-0.4, -0.2) is 28.8 Å². The maximum atomic E-state index is 5.07. The summed E-state index contributed by atoms with van der Waals surface area (Å²) < 4.78 is 10.1. The van der Waals surface area contributed by atoms with Crippen molar-refractivity contribution in [3.63, 3.8) is 0 Å². The first-order chi connectivity index (χ1) is 8.81. The molecule has 0 aromatic carbocycles. The Bertz CT molecular complexity index is 481. The van der Waals surface area contributed by atoms with Crippen molar-refractivity contribution in [3.05, 3.63) is 29.7 Å². The molecule has 6 heteroatoms. The molecule has 0 atom stereocenters. The third-order valence-corrected chi connectivity index (χ3v) is 2.36. The summed E-state index contributed by atoms with van der Waals surface area (Å²) in [6.45, 7) is 2.90. The van der Waals surface area contributed by atoms with Gasteiger partial charge in [0.15, 0.2) is 5.82 Å². The molecule has 0 bridgehead atoms. The normalized spacial score (nSPS) is 10.3. The van der Waals surface area contributed by atoms with Crippen molar-refractivity contribution in [2.45, 2.75) is 19.8 Å². The van der Waals surface area contributed by atoms with Crippen LogP contribution >= 0.6 is 0 Å². The first-order valence-corrected chi connectivity index (χ1v) is 5.87. The molecule has 0 radical (unpaired) electrons. The van der Waals surface area contributed by atoms with Crippen molar-refractivity contribution in [1.29, 1.82) is 0 Å². The van der Waals surface area contributed by atoms with Gasteiger partial charge in [-0.1, -0.05) is 18.1 Å². The van der Waals surface area contributed by atoms with E-state index in [0.29, 0.717) is 24.1 Å². The van der Waals surface area contributed by atoms with Crippen LogP contribution in [0.15, 0.2) is 22.9 Å². The number of anilines is 1. The van der Waals surface area contributed by atoms with Gasteiger partial charge in [-0.2, -0.15) is 4.98 Å². The van der Waals surface area contributed by atoms with Gasteiger partial charge in [-0.3, -0.25) is 0 Å². The summed E-state index contributed by atoms with van der Waals surface area (Å²) in [6, 6.07) is 4.21. The molecule has 0 saturated heterocycles. The lowest BCUT2D eigenvalue weighted by Gasteiger charge is -1.99. The molecule has 6 nitrogen and oxygen atoms in total. The Morgan fingerprint density at radius 2 is 2.28 bits per heavy atom. The Labute approximate surface area is 105 Å². The summed E-state index contributed by atoms with van der Waals surface area (Å²) in [5.41, 5.74) is 1.01. The molecule has 0 amide bonds. The molecule has 0 aliphatic carbocycles. The van der Waals surface area contributed by atoms with E-state index in [1.165, 1.54) is 0 Å². The highest BCUT2D eigenvalue weighted by Gasteiger charge is 2.06. The van der Waals surface area contributed by atoms with Crippen LogP contribution in [-0.2, 0) is 6.42 Å². The van der Waals surface area contributed by atoms with E-state index in [1.54, 1.807) is 13.3 Å². The van der Waals surface area contributed by atoms with Crippen LogP contribution in [0.4, 0.5) is 6.01 Å². The molecular weight excluding hydrogens is 232 g/mol. The van der Waals surface area contributed by atoms with Crippen molar-refractivity contribution in [2.75, 3.05) is 19.0 Å². The second-order valence-electron chi connectivity index (χ2n) is 3.83. The monoisotopic (exact) mass is 248 g/mol. The molecule has 2 heterocycles. The molecule has 18 heavy (non-hydrogen) atoms. The average Bonchev–Trinajstić information content (AvgIpc) is 2.85. The molecule has 2 rings (SSSR count). The van der Waals surface area contributed by atoms with Gasteiger partial charge in [0.1, 0.15) is 0 Å². The zero-order chi connectivity index (χ0) is 12.8. The fourth-order valence-electron chi connectivity index (χ4n) is 1.45. The molecule has 96 valence electrons. The van der Waals surface area contributed by atoms with E-state index in [1.807, 2.05) is 12.1 Å². The van der Waals surface area contributed by atoms with Gasteiger partial charge in [-0.15, -0.1) is 0 Å². The quantitative estimate of drug-likeness (QED) is 0.841. The number of hydrogen-bond acceptors (Lipinski definition) is 6. The Kier molecular flexibility index (Phi) is 4.11. The summed E-state index contributed by atoms with van der Waals surface area (Å²) >= 11 is 0. The summed E-state index contributed by atoms with van der Waals surface area (Å²) in [5.74, 6) is 1.23. The maximum Gasteiger partial charge on any atom is 0.321 e. The Hall–Kier alpha value is -2.11. The largest absolute Gasteiger partial charge is 0.481 e. The number of hydrogen-bond donors (Lipinski definition) is 1. The average molecular weight is 248 g/mol. The molecule has 0 aliphatic rings. The topological polar surface area (TPSA) is 73.1 Å². The summed E-state index contributed by atoms with van der Waals surface area (Å²) in [4.78, 5) is 8.36. The lowest BCUT2D eigenvalue weighted by Crippen LogP contribution is -2.00. The number of aromatic nitrogens is 3. The summed E-state index contributed by atoms with van der Waals surface area (Å²) in [5, 5.41) is 6.94. The number of pyridine rings is 1. The zero-order valence-corrected chi connectivity index (χ0v) is 10.5. The molecule has 2 aromatic rings. The predicted molar refractivity (Wildman–Crippen MR) is 66.7 cm³/mol. The highest BCUT2D eigenvalue weighted by molar-refractivity contribution is 5.23. The minimum absolute atomic E-state index is 0.466. The van der Waals surface area contributed by atoms with E-state index < -0.39 is 0 Å². The standard InChI is InChI=1S/C12H16N4O2/c1-3-6-13-12-15-10(16-18-12)7-9-4-5-11(17-2)14-8-9/h4-5,8H,3,6-7H2,1-2H3,(H,13,15,16). The maximum absolute atomic E-state index is 5.07. The summed E-state index contributed by atoms with van der Waals surface area (Å²) in [6.07, 6.45) is 3.35. The fourth-order valence-corrected chi connectivity index (χ4v) is 1.45. The van der Waals surface area contributed by atoms with Gasteiger partial charge in [0.05, 0.1) is 7.11 Å². The predicted octanol–water partition coefficient (Wildman–Crippen LogP) is 1.89. The van der Waals surface area contributed by atoms with E-state index in [0.717, 1.165) is 18.5 Å². The molecule has 0 spiro atoms. The second-order valence-corrected chi connectivity index (χ2v) is 3.83. The van der Waals surface area contributed by atoms with Gasteiger partial charge in [-0.05, 0) is 12.0 Å². The summed E-state index contributed by atoms with van der Waals surface area (Å²) in [7, 11) is 1.59. The molecule has 0 aliphatic heterocycles. The van der Waals surface area contributed by atoms with E-state index in [-0.39, 0.29) is 0 Å². The van der Waals surface area contributed by atoms with Gasteiger partial charge in [0.25, 0.3) is 0 Å². The number of ether oxygens (including phenoxy) is 1. The van der Waals surface area contributed by atoms with Crippen LogP contribution in [0.2, 0.25) is 0 Å². The lowest BCUT2D eigenvalue weighted by molar-refractivity contribution is 0.397. The Morgan fingerprint density at radius 3 is 2.94 bits per heavy atom. The van der Waals surface area contributed by atoms with Crippen LogP contribution in [0, 0.1) is 0 Å². The zero-order valence-electron chi connectivity index (χ0n) is 10.5. The van der Waals surface area contributed by atoms with Crippen molar-refractivity contribution in [1.82, 2.24) is 15.1 Å². The molecule has 0 fully saturated rings. The Balaban J connectivity index is 1.97. The van der Waals surface area contributed by atoms with Crippen LogP contribution < -0.4 is 10.1 Å². The van der Waals surface area contributed by atoms with E-state index in [9.17, 15) is 0 Å². The first kappa shape index (κ1) is 12.3. The minimum atomic E-state index is 0.466. The van der Waals surface area contributed by atoms with E-state index in [2.05, 4.69) is 27.4 Å². The van der Waals surface area contributed by atoms with Crippen molar-refractivity contribution in [3.8, 4) is 5.88 Å². The van der Waals surface area contributed by atoms with E-state index in [4.69, 9.17) is 9.26 Å². The van der Waals surface area contributed by atoms with Crippen molar-refractivity contribution >= 4 is 6.01 Å².